The Bertz CT molecular complexity index is 1140. The topological polar surface area (TPSA) is 68.0 Å². The summed E-state index contributed by atoms with van der Waals surface area (Å²) in [6, 6.07) is 7.85. The van der Waals surface area contributed by atoms with Gasteiger partial charge < -0.3 is 9.73 Å². The van der Waals surface area contributed by atoms with Crippen LogP contribution in [0.5, 0.6) is 0 Å². The maximum absolute atomic E-state index is 13.0. The van der Waals surface area contributed by atoms with Gasteiger partial charge in [0.25, 0.3) is 5.91 Å². The molecule has 2 aliphatic rings. The number of oxazole rings is 1. The molecule has 3 aromatic rings. The van der Waals surface area contributed by atoms with Gasteiger partial charge in [0.15, 0.2) is 0 Å². The number of hydrogen-bond acceptors (Lipinski definition) is 4. The molecular formula is C23H20F3N3O2. The molecule has 1 N–H and O–H groups in total. The van der Waals surface area contributed by atoms with Crippen LogP contribution in [0.1, 0.15) is 70.7 Å². The highest BCUT2D eigenvalue weighted by Gasteiger charge is 2.32. The van der Waals surface area contributed by atoms with E-state index in [2.05, 4.69) is 15.3 Å². The predicted molar refractivity (Wildman–Crippen MR) is 106 cm³/mol. The fraction of sp³-hybridized carbons (Fsp3) is 0.348. The van der Waals surface area contributed by atoms with Crippen LogP contribution in [0.2, 0.25) is 0 Å². The summed E-state index contributed by atoms with van der Waals surface area (Å²) in [6.45, 7) is 0. The van der Waals surface area contributed by atoms with Crippen molar-refractivity contribution < 1.29 is 22.4 Å². The Morgan fingerprint density at radius 1 is 1.13 bits per heavy atom. The van der Waals surface area contributed by atoms with Crippen LogP contribution in [0.4, 0.5) is 13.2 Å². The van der Waals surface area contributed by atoms with Gasteiger partial charge in [0.2, 0.25) is 5.89 Å². The van der Waals surface area contributed by atoms with Gasteiger partial charge in [0.05, 0.1) is 11.6 Å². The van der Waals surface area contributed by atoms with Crippen molar-refractivity contribution in [2.24, 2.45) is 0 Å². The number of amides is 1. The largest absolute Gasteiger partial charge is 0.441 e. The molecule has 0 spiro atoms. The number of aryl methyl sites for hydroxylation is 1. The molecule has 0 saturated heterocycles. The highest BCUT2D eigenvalue weighted by molar-refractivity contribution is 5.94. The smallest absolute Gasteiger partial charge is 0.416 e. The number of pyridine rings is 1. The molecule has 5 nitrogen and oxygen atoms in total. The number of hydrogen-bond donors (Lipinski definition) is 1. The molecule has 1 atom stereocenters. The van der Waals surface area contributed by atoms with Crippen LogP contribution >= 0.6 is 0 Å². The van der Waals surface area contributed by atoms with Crippen molar-refractivity contribution in [3.63, 3.8) is 0 Å². The number of rotatable bonds is 4. The fourth-order valence-electron chi connectivity index (χ4n) is 3.94. The molecule has 0 bridgehead atoms. The molecular weight excluding hydrogens is 407 g/mol. The molecule has 2 heterocycles. The van der Waals surface area contributed by atoms with Gasteiger partial charge in [-0.25, -0.2) is 4.98 Å². The van der Waals surface area contributed by atoms with Crippen LogP contribution in [-0.4, -0.2) is 15.9 Å². The molecule has 2 aromatic heterocycles. The summed E-state index contributed by atoms with van der Waals surface area (Å²) < 4.78 is 44.9. The van der Waals surface area contributed by atoms with Crippen LogP contribution in [0, 0.1) is 0 Å². The Balaban J connectivity index is 1.38. The van der Waals surface area contributed by atoms with E-state index < -0.39 is 23.7 Å². The lowest BCUT2D eigenvalue weighted by molar-refractivity contribution is -0.137. The van der Waals surface area contributed by atoms with Gasteiger partial charge >= 0.3 is 6.18 Å². The number of halogens is 3. The quantitative estimate of drug-likeness (QED) is 0.602. The number of nitrogens with one attached hydrogen (secondary N) is 1. The van der Waals surface area contributed by atoms with Crippen LogP contribution in [0.25, 0.3) is 11.5 Å². The average molecular weight is 427 g/mol. The maximum Gasteiger partial charge on any atom is 0.416 e. The van der Waals surface area contributed by atoms with Crippen molar-refractivity contribution in [2.75, 3.05) is 0 Å². The molecule has 1 saturated carbocycles. The lowest BCUT2D eigenvalue weighted by Gasteiger charge is -2.21. The summed E-state index contributed by atoms with van der Waals surface area (Å²) in [5.74, 6) is 1.13. The molecule has 1 aromatic carbocycles. The third-order valence-electron chi connectivity index (χ3n) is 5.74. The standard InChI is InChI=1S/C23H20F3N3O2/c24-23(25,26)16-4-1-3-14(11-16)21(30)28-17-5-2-6-19-20(17)29-22(31-19)15-9-10-27-18(12-15)13-7-8-13/h1,3-4,9-13,17H,2,5-8H2,(H,28,30)/t17-/m1/s1. The van der Waals surface area contributed by atoms with Crippen molar-refractivity contribution in [1.29, 1.82) is 0 Å². The van der Waals surface area contributed by atoms with Gasteiger partial charge in [0, 0.05) is 35.4 Å². The van der Waals surface area contributed by atoms with Crippen LogP contribution < -0.4 is 5.32 Å². The van der Waals surface area contributed by atoms with Crippen LogP contribution in [-0.2, 0) is 12.6 Å². The molecule has 8 heteroatoms. The highest BCUT2D eigenvalue weighted by Crippen LogP contribution is 2.40. The monoisotopic (exact) mass is 427 g/mol. The summed E-state index contributed by atoms with van der Waals surface area (Å²) in [4.78, 5) is 21.7. The van der Waals surface area contributed by atoms with E-state index in [9.17, 15) is 18.0 Å². The summed E-state index contributed by atoms with van der Waals surface area (Å²) in [6.07, 6.45) is 1.67. The number of aromatic nitrogens is 2. The molecule has 5 rings (SSSR count). The minimum Gasteiger partial charge on any atom is -0.441 e. The SMILES string of the molecule is O=C(N[C@@H]1CCCc2oc(-c3ccnc(C4CC4)c3)nc21)c1cccc(C(F)(F)F)c1. The van der Waals surface area contributed by atoms with Crippen molar-refractivity contribution >= 4 is 5.91 Å². The number of fused-ring (bicyclic) bond motifs is 1. The van der Waals surface area contributed by atoms with Crippen molar-refractivity contribution in [3.05, 3.63) is 70.9 Å². The van der Waals surface area contributed by atoms with Crippen molar-refractivity contribution in [3.8, 4) is 11.5 Å². The van der Waals surface area contributed by atoms with E-state index in [1.54, 1.807) is 6.20 Å². The summed E-state index contributed by atoms with van der Waals surface area (Å²) >= 11 is 0. The van der Waals surface area contributed by atoms with E-state index in [4.69, 9.17) is 4.42 Å². The van der Waals surface area contributed by atoms with Gasteiger partial charge in [-0.3, -0.25) is 9.78 Å². The zero-order chi connectivity index (χ0) is 21.6. The Hall–Kier alpha value is -3.16. The molecule has 1 amide bonds. The number of nitrogens with zero attached hydrogens (tertiary/aromatic N) is 2. The summed E-state index contributed by atoms with van der Waals surface area (Å²) in [7, 11) is 0. The van der Waals surface area contributed by atoms with Crippen molar-refractivity contribution in [1.82, 2.24) is 15.3 Å². The van der Waals surface area contributed by atoms with Crippen LogP contribution in [0.15, 0.2) is 47.0 Å². The normalized spacial score (nSPS) is 18.5. The summed E-state index contributed by atoms with van der Waals surface area (Å²) in [5.41, 5.74) is 1.63. The lowest BCUT2D eigenvalue weighted by atomic mass is 9.96. The molecule has 31 heavy (non-hydrogen) atoms. The first-order chi connectivity index (χ1) is 14.9. The Kier molecular flexibility index (Phi) is 4.79. The molecule has 1 fully saturated rings. The predicted octanol–water partition coefficient (Wildman–Crippen LogP) is 5.44. The molecule has 0 unspecified atom stereocenters. The minimum atomic E-state index is -4.50. The minimum absolute atomic E-state index is 0.0334. The van der Waals surface area contributed by atoms with E-state index in [0.29, 0.717) is 36.1 Å². The van der Waals surface area contributed by atoms with E-state index in [1.807, 2.05) is 12.1 Å². The second-order valence-electron chi connectivity index (χ2n) is 8.07. The zero-order valence-corrected chi connectivity index (χ0v) is 16.6. The van der Waals surface area contributed by atoms with Crippen molar-refractivity contribution in [2.45, 2.75) is 50.2 Å². The number of alkyl halides is 3. The lowest BCUT2D eigenvalue weighted by Crippen LogP contribution is -2.31. The number of carbonyl (C=O) groups is 1. The molecule has 0 aliphatic heterocycles. The van der Waals surface area contributed by atoms with Gasteiger partial charge in [-0.1, -0.05) is 6.07 Å². The fourth-order valence-corrected chi connectivity index (χ4v) is 3.94. The molecule has 160 valence electrons. The third kappa shape index (κ3) is 4.06. The second-order valence-corrected chi connectivity index (χ2v) is 8.07. The van der Waals surface area contributed by atoms with Gasteiger partial charge in [0.1, 0.15) is 11.5 Å². The Morgan fingerprint density at radius 2 is 1.97 bits per heavy atom. The van der Waals surface area contributed by atoms with Gasteiger partial charge in [-0.2, -0.15) is 13.2 Å². The first kappa shape index (κ1) is 19.8. The Labute approximate surface area is 176 Å². The zero-order valence-electron chi connectivity index (χ0n) is 16.6. The van der Waals surface area contributed by atoms with E-state index >= 15 is 0 Å². The average Bonchev–Trinajstić information content (AvgIpc) is 3.52. The van der Waals surface area contributed by atoms with E-state index in [0.717, 1.165) is 42.7 Å². The number of carbonyl (C=O) groups excluding carboxylic acids is 1. The van der Waals surface area contributed by atoms with Crippen LogP contribution in [0.3, 0.4) is 0 Å². The van der Waals surface area contributed by atoms with E-state index in [-0.39, 0.29) is 5.56 Å². The molecule has 0 radical (unpaired) electrons. The summed E-state index contributed by atoms with van der Waals surface area (Å²) in [5, 5.41) is 2.83. The first-order valence-corrected chi connectivity index (χ1v) is 10.3. The highest BCUT2D eigenvalue weighted by atomic mass is 19.4. The molecule has 2 aliphatic carbocycles. The van der Waals surface area contributed by atoms with Gasteiger partial charge in [-0.15, -0.1) is 0 Å². The van der Waals surface area contributed by atoms with E-state index in [1.165, 1.54) is 12.1 Å². The maximum atomic E-state index is 13.0. The Morgan fingerprint density at radius 3 is 2.74 bits per heavy atom. The first-order valence-electron chi connectivity index (χ1n) is 10.3. The van der Waals surface area contributed by atoms with Gasteiger partial charge in [-0.05, 0) is 56.0 Å². The third-order valence-corrected chi connectivity index (χ3v) is 5.74. The second kappa shape index (κ2) is 7.51. The number of benzene rings is 1.